The van der Waals surface area contributed by atoms with Gasteiger partial charge in [0, 0.05) is 27.9 Å². The third-order valence-electron chi connectivity index (χ3n) is 4.57. The van der Waals surface area contributed by atoms with Crippen molar-refractivity contribution in [1.82, 2.24) is 14.8 Å². The number of hydrogen-bond acceptors (Lipinski definition) is 4. The minimum atomic E-state index is -0.312. The highest BCUT2D eigenvalue weighted by molar-refractivity contribution is 6.30. The summed E-state index contributed by atoms with van der Waals surface area (Å²) in [6.45, 7) is 2.13. The first-order chi connectivity index (χ1) is 15.0. The number of oxime groups is 1. The van der Waals surface area contributed by atoms with Crippen LogP contribution in [0.2, 0.25) is 10.2 Å². The zero-order chi connectivity index (χ0) is 21.8. The molecular formula is C23H17Cl2FN4O. The predicted molar refractivity (Wildman–Crippen MR) is 120 cm³/mol. The van der Waals surface area contributed by atoms with Crippen molar-refractivity contribution in [3.63, 3.8) is 0 Å². The van der Waals surface area contributed by atoms with E-state index < -0.39 is 0 Å². The van der Waals surface area contributed by atoms with Crippen molar-refractivity contribution in [3.05, 3.63) is 99.7 Å². The zero-order valence-corrected chi connectivity index (χ0v) is 18.0. The molecule has 0 fully saturated rings. The van der Waals surface area contributed by atoms with E-state index in [-0.39, 0.29) is 12.4 Å². The maximum absolute atomic E-state index is 13.5. The van der Waals surface area contributed by atoms with Crippen molar-refractivity contribution in [2.75, 3.05) is 0 Å². The summed E-state index contributed by atoms with van der Waals surface area (Å²) in [5, 5.41) is 9.82. The average molecular weight is 455 g/mol. The molecule has 0 aliphatic heterocycles. The van der Waals surface area contributed by atoms with Gasteiger partial charge in [-0.15, -0.1) is 0 Å². The Morgan fingerprint density at radius 2 is 1.77 bits per heavy atom. The van der Waals surface area contributed by atoms with Crippen LogP contribution in [0.3, 0.4) is 0 Å². The molecule has 0 amide bonds. The van der Waals surface area contributed by atoms with Gasteiger partial charge in [-0.25, -0.2) is 14.1 Å². The molecule has 0 atom stereocenters. The molecule has 0 saturated carbocycles. The molecule has 0 radical (unpaired) electrons. The number of pyridine rings is 1. The van der Waals surface area contributed by atoms with Crippen molar-refractivity contribution in [1.29, 1.82) is 0 Å². The van der Waals surface area contributed by atoms with Gasteiger partial charge in [0.2, 0.25) is 0 Å². The number of rotatable bonds is 6. The highest BCUT2D eigenvalue weighted by atomic mass is 35.5. The van der Waals surface area contributed by atoms with E-state index in [9.17, 15) is 4.39 Å². The number of aryl methyl sites for hydroxylation is 1. The van der Waals surface area contributed by atoms with Gasteiger partial charge in [-0.2, -0.15) is 5.10 Å². The van der Waals surface area contributed by atoms with E-state index in [1.807, 2.05) is 25.1 Å². The molecule has 8 heteroatoms. The molecular weight excluding hydrogens is 438 g/mol. The van der Waals surface area contributed by atoms with Crippen molar-refractivity contribution in [2.45, 2.75) is 13.5 Å². The van der Waals surface area contributed by atoms with Gasteiger partial charge in [-0.1, -0.05) is 34.4 Å². The highest BCUT2D eigenvalue weighted by Crippen LogP contribution is 2.29. The van der Waals surface area contributed by atoms with Crippen LogP contribution >= 0.6 is 23.2 Å². The summed E-state index contributed by atoms with van der Waals surface area (Å²) in [5.74, 6) is -0.312. The molecule has 0 bridgehead atoms. The van der Waals surface area contributed by atoms with Crippen LogP contribution < -0.4 is 0 Å². The van der Waals surface area contributed by atoms with Crippen LogP contribution in [0.5, 0.6) is 0 Å². The molecule has 0 saturated heterocycles. The highest BCUT2D eigenvalue weighted by Gasteiger charge is 2.17. The van der Waals surface area contributed by atoms with Crippen LogP contribution in [0.1, 0.15) is 16.8 Å². The molecule has 4 aromatic rings. The standard InChI is InChI=1S/C23H17Cl2FN4O/c1-15-21(13-28-31-14-16-2-11-22(25)27-12-16)23(17-3-7-19(26)8-4-17)30(29-15)20-9-5-18(24)6-10-20/h2-13H,14H2,1H3/b28-13+. The van der Waals surface area contributed by atoms with Gasteiger partial charge in [0.25, 0.3) is 0 Å². The fourth-order valence-electron chi connectivity index (χ4n) is 3.04. The Morgan fingerprint density at radius 1 is 1.03 bits per heavy atom. The second kappa shape index (κ2) is 9.29. The largest absolute Gasteiger partial charge is 0.391 e. The van der Waals surface area contributed by atoms with Crippen LogP contribution in [0.15, 0.2) is 72.0 Å². The van der Waals surface area contributed by atoms with E-state index in [0.717, 1.165) is 33.8 Å². The molecule has 0 N–H and O–H groups in total. The lowest BCUT2D eigenvalue weighted by Crippen LogP contribution is -2.00. The molecule has 2 aromatic carbocycles. The van der Waals surface area contributed by atoms with Crippen LogP contribution in [0, 0.1) is 12.7 Å². The molecule has 0 aliphatic carbocycles. The van der Waals surface area contributed by atoms with E-state index in [1.54, 1.807) is 47.4 Å². The van der Waals surface area contributed by atoms with Crippen molar-refractivity contribution >= 4 is 29.4 Å². The fraction of sp³-hybridized carbons (Fsp3) is 0.0870. The van der Waals surface area contributed by atoms with Gasteiger partial charge >= 0.3 is 0 Å². The Kier molecular flexibility index (Phi) is 6.30. The van der Waals surface area contributed by atoms with Gasteiger partial charge in [0.1, 0.15) is 17.6 Å². The van der Waals surface area contributed by atoms with Crippen LogP contribution in [0.4, 0.5) is 4.39 Å². The van der Waals surface area contributed by atoms with Gasteiger partial charge in [0.05, 0.1) is 23.3 Å². The van der Waals surface area contributed by atoms with E-state index in [2.05, 4.69) is 15.2 Å². The lowest BCUT2D eigenvalue weighted by Gasteiger charge is -2.09. The first kappa shape index (κ1) is 21.0. The van der Waals surface area contributed by atoms with Crippen molar-refractivity contribution in [2.24, 2.45) is 5.16 Å². The first-order valence-corrected chi connectivity index (χ1v) is 10.1. The second-order valence-electron chi connectivity index (χ2n) is 6.74. The monoisotopic (exact) mass is 454 g/mol. The van der Waals surface area contributed by atoms with Gasteiger partial charge in [0.15, 0.2) is 0 Å². The van der Waals surface area contributed by atoms with Gasteiger partial charge in [-0.05, 0) is 61.5 Å². The van der Waals surface area contributed by atoms with Gasteiger partial charge in [-0.3, -0.25) is 0 Å². The first-order valence-electron chi connectivity index (χ1n) is 9.38. The molecule has 4 rings (SSSR count). The maximum Gasteiger partial charge on any atom is 0.143 e. The minimum Gasteiger partial charge on any atom is -0.391 e. The van der Waals surface area contributed by atoms with Crippen LogP contribution in [-0.4, -0.2) is 21.0 Å². The number of benzene rings is 2. The normalized spacial score (nSPS) is 11.2. The smallest absolute Gasteiger partial charge is 0.143 e. The summed E-state index contributed by atoms with van der Waals surface area (Å²) in [6, 6.07) is 17.1. The topological polar surface area (TPSA) is 52.3 Å². The molecule has 0 unspecified atom stereocenters. The third-order valence-corrected chi connectivity index (χ3v) is 5.05. The zero-order valence-electron chi connectivity index (χ0n) is 16.5. The molecule has 2 heterocycles. The van der Waals surface area contributed by atoms with Gasteiger partial charge < -0.3 is 4.84 Å². The number of halogens is 3. The maximum atomic E-state index is 13.5. The Morgan fingerprint density at radius 3 is 2.45 bits per heavy atom. The van der Waals surface area contributed by atoms with Crippen molar-refractivity contribution < 1.29 is 9.23 Å². The Balaban J connectivity index is 1.68. The lowest BCUT2D eigenvalue weighted by molar-refractivity contribution is 0.132. The summed E-state index contributed by atoms with van der Waals surface area (Å²) < 4.78 is 15.3. The fourth-order valence-corrected chi connectivity index (χ4v) is 3.28. The quantitative estimate of drug-likeness (QED) is 0.197. The third kappa shape index (κ3) is 4.93. The SMILES string of the molecule is Cc1nn(-c2ccc(Cl)cc2)c(-c2ccc(F)cc2)c1/C=N/OCc1ccc(Cl)nc1. The summed E-state index contributed by atoms with van der Waals surface area (Å²) in [6.07, 6.45) is 3.24. The summed E-state index contributed by atoms with van der Waals surface area (Å²) in [4.78, 5) is 9.45. The second-order valence-corrected chi connectivity index (χ2v) is 7.56. The minimum absolute atomic E-state index is 0.247. The van der Waals surface area contributed by atoms with E-state index in [1.165, 1.54) is 12.1 Å². The van der Waals surface area contributed by atoms with Crippen molar-refractivity contribution in [3.8, 4) is 16.9 Å². The molecule has 31 heavy (non-hydrogen) atoms. The molecule has 156 valence electrons. The molecule has 2 aromatic heterocycles. The van der Waals surface area contributed by atoms with E-state index in [0.29, 0.717) is 10.2 Å². The predicted octanol–water partition coefficient (Wildman–Crippen LogP) is 6.24. The lowest BCUT2D eigenvalue weighted by atomic mass is 10.1. The number of hydrogen-bond donors (Lipinski definition) is 0. The number of nitrogens with zero attached hydrogens (tertiary/aromatic N) is 4. The molecule has 0 aliphatic rings. The Labute approximate surface area is 188 Å². The Bertz CT molecular complexity index is 1200. The van der Waals surface area contributed by atoms with E-state index in [4.69, 9.17) is 28.0 Å². The average Bonchev–Trinajstić information content (AvgIpc) is 3.10. The summed E-state index contributed by atoms with van der Waals surface area (Å²) >= 11 is 11.8. The number of aromatic nitrogens is 3. The van der Waals surface area contributed by atoms with Crippen LogP contribution in [0.25, 0.3) is 16.9 Å². The molecule has 5 nitrogen and oxygen atoms in total. The molecule has 0 spiro atoms. The van der Waals surface area contributed by atoms with Crippen LogP contribution in [-0.2, 0) is 11.4 Å². The Hall–Kier alpha value is -3.22. The summed E-state index contributed by atoms with van der Waals surface area (Å²) in [7, 11) is 0. The van der Waals surface area contributed by atoms with E-state index >= 15 is 0 Å². The summed E-state index contributed by atoms with van der Waals surface area (Å²) in [5.41, 5.74) is 4.72.